The molecule has 0 unspecified atom stereocenters. The van der Waals surface area contributed by atoms with E-state index in [1.807, 2.05) is 48.5 Å². The Morgan fingerprint density at radius 3 is 2.56 bits per heavy atom. The third-order valence-electron chi connectivity index (χ3n) is 5.36. The largest absolute Gasteiger partial charge is 0.493 e. The Kier molecular flexibility index (Phi) is 6.44. The third-order valence-corrected chi connectivity index (χ3v) is 6.45. The van der Waals surface area contributed by atoms with E-state index in [1.54, 1.807) is 30.6 Å². The molecule has 0 N–H and O–H groups in total. The summed E-state index contributed by atoms with van der Waals surface area (Å²) in [6.07, 6.45) is 1.65. The van der Waals surface area contributed by atoms with E-state index in [2.05, 4.69) is 6.07 Å². The van der Waals surface area contributed by atoms with Gasteiger partial charge >= 0.3 is 5.63 Å². The van der Waals surface area contributed by atoms with Gasteiger partial charge < -0.3 is 18.6 Å². The van der Waals surface area contributed by atoms with Crippen LogP contribution in [0.1, 0.15) is 12.8 Å². The summed E-state index contributed by atoms with van der Waals surface area (Å²) >= 11 is 1.66. The number of ether oxygens (including phenoxy) is 3. The minimum absolute atomic E-state index is 0.370. The summed E-state index contributed by atoms with van der Waals surface area (Å²) in [4.78, 5) is 16.1. The zero-order valence-electron chi connectivity index (χ0n) is 18.7. The van der Waals surface area contributed by atoms with Crippen molar-refractivity contribution in [2.24, 2.45) is 0 Å². The van der Waals surface area contributed by atoms with Gasteiger partial charge in [-0.3, -0.25) is 0 Å². The van der Waals surface area contributed by atoms with Crippen LogP contribution in [0.4, 0.5) is 0 Å². The molecule has 6 nitrogen and oxygen atoms in total. The fourth-order valence-electron chi connectivity index (χ4n) is 3.62. The van der Waals surface area contributed by atoms with Crippen molar-refractivity contribution in [3.63, 3.8) is 0 Å². The molecule has 0 bridgehead atoms. The average molecular weight is 474 g/mol. The molecule has 0 aliphatic rings. The number of rotatable bonds is 9. The van der Waals surface area contributed by atoms with E-state index in [1.165, 1.54) is 6.07 Å². The van der Waals surface area contributed by atoms with Crippen LogP contribution in [-0.2, 0) is 0 Å². The summed E-state index contributed by atoms with van der Waals surface area (Å²) in [5.41, 5.74) is 2.15. The van der Waals surface area contributed by atoms with Crippen molar-refractivity contribution in [2.75, 3.05) is 20.3 Å². The summed E-state index contributed by atoms with van der Waals surface area (Å²) in [6.45, 7) is 1.09. The van der Waals surface area contributed by atoms with Crippen LogP contribution in [0.3, 0.4) is 0 Å². The van der Waals surface area contributed by atoms with Crippen molar-refractivity contribution in [3.05, 3.63) is 83.2 Å². The highest BCUT2D eigenvalue weighted by molar-refractivity contribution is 7.21. The molecule has 5 rings (SSSR count). The van der Waals surface area contributed by atoms with Crippen LogP contribution in [-0.4, -0.2) is 25.3 Å². The molecule has 0 saturated heterocycles. The van der Waals surface area contributed by atoms with Gasteiger partial charge in [-0.15, -0.1) is 11.3 Å². The number of nitrogens with zero attached hydrogens (tertiary/aromatic N) is 1. The molecule has 0 radical (unpaired) electrons. The van der Waals surface area contributed by atoms with E-state index in [9.17, 15) is 4.79 Å². The lowest BCUT2D eigenvalue weighted by Gasteiger charge is -2.12. The summed E-state index contributed by atoms with van der Waals surface area (Å²) in [5, 5.41) is 1.82. The predicted octanol–water partition coefficient (Wildman–Crippen LogP) is 6.32. The summed E-state index contributed by atoms with van der Waals surface area (Å²) in [5.74, 6) is 2.07. The van der Waals surface area contributed by atoms with Gasteiger partial charge in [0.05, 0.1) is 30.5 Å². The summed E-state index contributed by atoms with van der Waals surface area (Å²) < 4.78 is 23.7. The Balaban J connectivity index is 1.13. The van der Waals surface area contributed by atoms with Crippen LogP contribution in [0, 0.1) is 0 Å². The van der Waals surface area contributed by atoms with Crippen molar-refractivity contribution in [1.29, 1.82) is 0 Å². The van der Waals surface area contributed by atoms with Crippen molar-refractivity contribution >= 4 is 32.5 Å². The Morgan fingerprint density at radius 2 is 1.71 bits per heavy atom. The molecule has 0 aliphatic carbocycles. The maximum absolute atomic E-state index is 11.4. The fraction of sp³-hybridized carbons (Fsp3) is 0.185. The molecule has 7 heteroatoms. The molecule has 0 aliphatic heterocycles. The number of aromatic nitrogens is 1. The van der Waals surface area contributed by atoms with E-state index < -0.39 is 0 Å². The number of thiazole rings is 1. The zero-order chi connectivity index (χ0) is 23.3. The number of hydrogen-bond donors (Lipinski definition) is 0. The Hall–Kier alpha value is -3.84. The molecular weight excluding hydrogens is 450 g/mol. The number of hydrogen-bond acceptors (Lipinski definition) is 7. The molecule has 34 heavy (non-hydrogen) atoms. The second-order valence-electron chi connectivity index (χ2n) is 7.71. The number of para-hydroxylation sites is 1. The number of methoxy groups -OCH3 is 1. The molecule has 0 fully saturated rings. The Morgan fingerprint density at radius 1 is 0.882 bits per heavy atom. The van der Waals surface area contributed by atoms with Crippen molar-refractivity contribution < 1.29 is 18.6 Å². The first kappa shape index (κ1) is 22.0. The highest BCUT2D eigenvalue weighted by Crippen LogP contribution is 2.36. The monoisotopic (exact) mass is 473 g/mol. The van der Waals surface area contributed by atoms with Gasteiger partial charge in [-0.25, -0.2) is 9.78 Å². The Bertz CT molecular complexity index is 1460. The second-order valence-corrected chi connectivity index (χ2v) is 8.74. The van der Waals surface area contributed by atoms with Gasteiger partial charge in [0.25, 0.3) is 0 Å². The van der Waals surface area contributed by atoms with E-state index in [4.69, 9.17) is 23.6 Å². The van der Waals surface area contributed by atoms with Gasteiger partial charge in [-0.1, -0.05) is 12.1 Å². The highest BCUT2D eigenvalue weighted by atomic mass is 32.1. The third kappa shape index (κ3) is 4.89. The van der Waals surface area contributed by atoms with E-state index >= 15 is 0 Å². The quantitative estimate of drug-likeness (QED) is 0.184. The standard InChI is InChI=1S/C27H23NO5S/c1-30-24-16-19(27-28-21-6-2-3-7-25(21)34-27)9-12-22(24)32-15-5-4-14-31-20-11-8-18-10-13-26(29)33-23(18)17-20/h2-3,6-13,16-17H,4-5,14-15H2,1H3. The zero-order valence-corrected chi connectivity index (χ0v) is 19.5. The van der Waals surface area contributed by atoms with Crippen LogP contribution in [0.2, 0.25) is 0 Å². The number of unbranched alkanes of at least 4 members (excludes halogenated alkanes) is 1. The molecular formula is C27H23NO5S. The molecule has 0 atom stereocenters. The minimum Gasteiger partial charge on any atom is -0.493 e. The molecule has 3 aromatic carbocycles. The number of benzene rings is 3. The van der Waals surface area contributed by atoms with E-state index in [0.717, 1.165) is 39.0 Å². The molecule has 0 amide bonds. The van der Waals surface area contributed by atoms with Crippen molar-refractivity contribution in [1.82, 2.24) is 4.98 Å². The molecule has 0 saturated carbocycles. The minimum atomic E-state index is -0.370. The van der Waals surface area contributed by atoms with Crippen LogP contribution >= 0.6 is 11.3 Å². The Labute approximate surface area is 200 Å². The smallest absolute Gasteiger partial charge is 0.336 e. The van der Waals surface area contributed by atoms with Crippen LogP contribution < -0.4 is 19.8 Å². The van der Waals surface area contributed by atoms with Crippen LogP contribution in [0.5, 0.6) is 17.2 Å². The lowest BCUT2D eigenvalue weighted by molar-refractivity contribution is 0.258. The number of fused-ring (bicyclic) bond motifs is 2. The first-order valence-electron chi connectivity index (χ1n) is 11.0. The van der Waals surface area contributed by atoms with Crippen LogP contribution in [0.25, 0.3) is 31.8 Å². The predicted molar refractivity (Wildman–Crippen MR) is 134 cm³/mol. The topological polar surface area (TPSA) is 70.8 Å². The first-order valence-corrected chi connectivity index (χ1v) is 11.8. The summed E-state index contributed by atoms with van der Waals surface area (Å²) in [7, 11) is 1.64. The maximum Gasteiger partial charge on any atom is 0.336 e. The van der Waals surface area contributed by atoms with Gasteiger partial charge in [0.1, 0.15) is 16.3 Å². The van der Waals surface area contributed by atoms with Crippen molar-refractivity contribution in [3.8, 4) is 27.8 Å². The van der Waals surface area contributed by atoms with Gasteiger partial charge in [-0.2, -0.15) is 0 Å². The van der Waals surface area contributed by atoms with Crippen molar-refractivity contribution in [2.45, 2.75) is 12.8 Å². The van der Waals surface area contributed by atoms with Gasteiger partial charge in [0, 0.05) is 23.1 Å². The molecule has 172 valence electrons. The normalized spacial score (nSPS) is 11.1. The van der Waals surface area contributed by atoms with Gasteiger partial charge in [0.15, 0.2) is 11.5 Å². The molecule has 2 aromatic heterocycles. The molecule has 5 aromatic rings. The van der Waals surface area contributed by atoms with Crippen LogP contribution in [0.15, 0.2) is 82.0 Å². The SMILES string of the molecule is COc1cc(-c2nc3ccccc3s2)ccc1OCCCCOc1ccc2ccc(=O)oc2c1. The van der Waals surface area contributed by atoms with Gasteiger partial charge in [-0.05, 0) is 61.4 Å². The molecule has 0 spiro atoms. The van der Waals surface area contributed by atoms with E-state index in [0.29, 0.717) is 36.0 Å². The first-order chi connectivity index (χ1) is 16.7. The fourth-order valence-corrected chi connectivity index (χ4v) is 4.58. The highest BCUT2D eigenvalue weighted by Gasteiger charge is 2.11. The maximum atomic E-state index is 11.4. The van der Waals surface area contributed by atoms with Gasteiger partial charge in [0.2, 0.25) is 0 Å². The lowest BCUT2D eigenvalue weighted by atomic mass is 10.2. The molecule has 2 heterocycles. The summed E-state index contributed by atoms with van der Waals surface area (Å²) in [6, 6.07) is 22.7. The lowest BCUT2D eigenvalue weighted by Crippen LogP contribution is -2.03. The average Bonchev–Trinajstić information content (AvgIpc) is 3.30. The second kappa shape index (κ2) is 9.97. The van der Waals surface area contributed by atoms with E-state index in [-0.39, 0.29) is 5.63 Å².